The fraction of sp³-hybridized carbons (Fsp3) is 0.167. The van der Waals surface area contributed by atoms with Crippen LogP contribution in [0.25, 0.3) is 10.1 Å². The SMILES string of the molecule is CNS(=O)(=O)Cc1ccc(CNC(=O)c2cc3ccccc3s2)cc1. The lowest BCUT2D eigenvalue weighted by molar-refractivity contribution is 0.0955. The smallest absolute Gasteiger partial charge is 0.261 e. The molecule has 1 aromatic heterocycles. The Balaban J connectivity index is 1.62. The van der Waals surface area contributed by atoms with E-state index in [1.54, 1.807) is 12.1 Å². The Morgan fingerprint density at radius 3 is 2.40 bits per heavy atom. The molecule has 1 amide bonds. The minimum atomic E-state index is -3.28. The third-order valence-electron chi connectivity index (χ3n) is 3.79. The molecule has 0 spiro atoms. The van der Waals surface area contributed by atoms with Gasteiger partial charge in [0.25, 0.3) is 5.91 Å². The summed E-state index contributed by atoms with van der Waals surface area (Å²) < 4.78 is 26.4. The van der Waals surface area contributed by atoms with Gasteiger partial charge in [0, 0.05) is 11.2 Å². The van der Waals surface area contributed by atoms with Crippen LogP contribution in [0.2, 0.25) is 0 Å². The normalized spacial score (nSPS) is 11.6. The summed E-state index contributed by atoms with van der Waals surface area (Å²) in [5, 5.41) is 3.96. The van der Waals surface area contributed by atoms with Gasteiger partial charge in [-0.15, -0.1) is 11.3 Å². The summed E-state index contributed by atoms with van der Waals surface area (Å²) in [6.07, 6.45) is 0. The van der Waals surface area contributed by atoms with Crippen molar-refractivity contribution in [3.05, 3.63) is 70.6 Å². The number of benzene rings is 2. The lowest BCUT2D eigenvalue weighted by Gasteiger charge is -2.06. The monoisotopic (exact) mass is 374 g/mol. The summed E-state index contributed by atoms with van der Waals surface area (Å²) in [7, 11) is -1.88. The third-order valence-corrected chi connectivity index (χ3v) is 6.24. The van der Waals surface area contributed by atoms with Gasteiger partial charge in [-0.3, -0.25) is 4.79 Å². The molecule has 1 heterocycles. The maximum absolute atomic E-state index is 12.3. The van der Waals surface area contributed by atoms with Crippen molar-refractivity contribution in [2.75, 3.05) is 7.05 Å². The van der Waals surface area contributed by atoms with Gasteiger partial charge in [0.15, 0.2) is 0 Å². The molecule has 130 valence electrons. The summed E-state index contributed by atoms with van der Waals surface area (Å²) in [5.41, 5.74) is 1.62. The molecule has 0 radical (unpaired) electrons. The minimum Gasteiger partial charge on any atom is -0.347 e. The number of amides is 1. The van der Waals surface area contributed by atoms with Crippen LogP contribution in [0.5, 0.6) is 0 Å². The van der Waals surface area contributed by atoms with E-state index in [1.807, 2.05) is 42.5 Å². The highest BCUT2D eigenvalue weighted by Gasteiger charge is 2.11. The topological polar surface area (TPSA) is 75.3 Å². The number of hydrogen-bond donors (Lipinski definition) is 2. The summed E-state index contributed by atoms with van der Waals surface area (Å²) in [6.45, 7) is 0.395. The summed E-state index contributed by atoms with van der Waals surface area (Å²) >= 11 is 1.47. The van der Waals surface area contributed by atoms with Crippen molar-refractivity contribution in [1.82, 2.24) is 10.0 Å². The predicted octanol–water partition coefficient (Wildman–Crippen LogP) is 2.88. The number of rotatable bonds is 6. The van der Waals surface area contributed by atoms with E-state index in [2.05, 4.69) is 10.0 Å². The van der Waals surface area contributed by atoms with Gasteiger partial charge < -0.3 is 5.32 Å². The zero-order chi connectivity index (χ0) is 17.9. The van der Waals surface area contributed by atoms with Crippen molar-refractivity contribution in [3.8, 4) is 0 Å². The fourth-order valence-electron chi connectivity index (χ4n) is 2.41. The van der Waals surface area contributed by atoms with Crippen molar-refractivity contribution < 1.29 is 13.2 Å². The summed E-state index contributed by atoms with van der Waals surface area (Å²) in [5.74, 6) is -0.166. The van der Waals surface area contributed by atoms with Gasteiger partial charge in [-0.25, -0.2) is 13.1 Å². The van der Waals surface area contributed by atoms with E-state index < -0.39 is 10.0 Å². The van der Waals surface area contributed by atoms with Crippen LogP contribution in [0.3, 0.4) is 0 Å². The molecule has 0 aliphatic carbocycles. The maximum Gasteiger partial charge on any atom is 0.261 e. The highest BCUT2D eigenvalue weighted by atomic mass is 32.2. The van der Waals surface area contributed by atoms with Crippen molar-refractivity contribution in [2.24, 2.45) is 0 Å². The van der Waals surface area contributed by atoms with Crippen molar-refractivity contribution in [2.45, 2.75) is 12.3 Å². The molecular weight excluding hydrogens is 356 g/mol. The molecule has 0 aliphatic rings. The Kier molecular flexibility index (Phi) is 5.17. The van der Waals surface area contributed by atoms with Crippen LogP contribution < -0.4 is 10.0 Å². The predicted molar refractivity (Wildman–Crippen MR) is 101 cm³/mol. The molecule has 0 saturated heterocycles. The first-order valence-corrected chi connectivity index (χ1v) is 10.2. The van der Waals surface area contributed by atoms with E-state index in [4.69, 9.17) is 0 Å². The third kappa shape index (κ3) is 4.45. The second-order valence-corrected chi connectivity index (χ2v) is 8.62. The zero-order valence-corrected chi connectivity index (χ0v) is 15.3. The molecule has 3 rings (SSSR count). The number of thiophene rings is 1. The van der Waals surface area contributed by atoms with Crippen LogP contribution >= 0.6 is 11.3 Å². The van der Waals surface area contributed by atoms with Crippen molar-refractivity contribution in [3.63, 3.8) is 0 Å². The van der Waals surface area contributed by atoms with Crippen molar-refractivity contribution >= 4 is 37.4 Å². The van der Waals surface area contributed by atoms with E-state index in [0.29, 0.717) is 17.0 Å². The van der Waals surface area contributed by atoms with Gasteiger partial charge in [-0.1, -0.05) is 42.5 Å². The lowest BCUT2D eigenvalue weighted by atomic mass is 10.1. The number of carbonyl (C=O) groups is 1. The average molecular weight is 374 g/mol. The Morgan fingerprint density at radius 2 is 1.72 bits per heavy atom. The zero-order valence-electron chi connectivity index (χ0n) is 13.7. The highest BCUT2D eigenvalue weighted by molar-refractivity contribution is 7.88. The minimum absolute atomic E-state index is 0.0576. The average Bonchev–Trinajstić information content (AvgIpc) is 3.05. The second-order valence-electron chi connectivity index (χ2n) is 5.61. The van der Waals surface area contributed by atoms with E-state index in [1.165, 1.54) is 18.4 Å². The molecule has 3 aromatic rings. The second kappa shape index (κ2) is 7.35. The Labute approximate surface area is 150 Å². The quantitative estimate of drug-likeness (QED) is 0.697. The van der Waals surface area contributed by atoms with Gasteiger partial charge in [0.05, 0.1) is 10.6 Å². The van der Waals surface area contributed by atoms with E-state index in [0.717, 1.165) is 15.6 Å². The Bertz CT molecular complexity index is 960. The molecule has 7 heteroatoms. The maximum atomic E-state index is 12.3. The Morgan fingerprint density at radius 1 is 1.04 bits per heavy atom. The molecular formula is C18H18N2O3S2. The summed E-state index contributed by atoms with van der Waals surface area (Å²) in [4.78, 5) is 13.0. The molecule has 0 aliphatic heterocycles. The first kappa shape index (κ1) is 17.6. The lowest BCUT2D eigenvalue weighted by Crippen LogP contribution is -2.22. The molecule has 0 saturated carbocycles. The molecule has 0 unspecified atom stereocenters. The number of hydrogen-bond acceptors (Lipinski definition) is 4. The van der Waals surface area contributed by atoms with Gasteiger partial charge in [-0.05, 0) is 35.7 Å². The van der Waals surface area contributed by atoms with Gasteiger partial charge >= 0.3 is 0 Å². The van der Waals surface area contributed by atoms with Crippen molar-refractivity contribution in [1.29, 1.82) is 0 Å². The first-order valence-electron chi connectivity index (χ1n) is 7.73. The number of fused-ring (bicyclic) bond motifs is 1. The molecule has 0 atom stereocenters. The van der Waals surface area contributed by atoms with Crippen LogP contribution in [0.4, 0.5) is 0 Å². The number of carbonyl (C=O) groups excluding carboxylic acids is 1. The Hall–Kier alpha value is -2.22. The number of sulfonamides is 1. The number of nitrogens with one attached hydrogen (secondary N) is 2. The van der Waals surface area contributed by atoms with Crippen LogP contribution in [0.1, 0.15) is 20.8 Å². The van der Waals surface area contributed by atoms with E-state index in [-0.39, 0.29) is 11.7 Å². The molecule has 2 aromatic carbocycles. The standard InChI is InChI=1S/C18H18N2O3S2/c1-19-25(22,23)12-14-8-6-13(7-9-14)11-20-18(21)17-10-15-4-2-3-5-16(15)24-17/h2-10,19H,11-12H2,1H3,(H,20,21). The van der Waals surface area contributed by atoms with E-state index in [9.17, 15) is 13.2 Å². The van der Waals surface area contributed by atoms with Crippen LogP contribution in [0.15, 0.2) is 54.6 Å². The highest BCUT2D eigenvalue weighted by Crippen LogP contribution is 2.25. The molecule has 2 N–H and O–H groups in total. The molecule has 25 heavy (non-hydrogen) atoms. The van der Waals surface area contributed by atoms with Crippen LogP contribution in [-0.2, 0) is 22.3 Å². The molecule has 0 bridgehead atoms. The molecule has 5 nitrogen and oxygen atoms in total. The van der Waals surface area contributed by atoms with Gasteiger partial charge in [0.1, 0.15) is 0 Å². The first-order chi connectivity index (χ1) is 12.0. The van der Waals surface area contributed by atoms with Crippen LogP contribution in [0, 0.1) is 0 Å². The largest absolute Gasteiger partial charge is 0.347 e. The van der Waals surface area contributed by atoms with Gasteiger partial charge in [0.2, 0.25) is 10.0 Å². The fourth-order valence-corrected chi connectivity index (χ4v) is 4.16. The molecule has 0 fully saturated rings. The van der Waals surface area contributed by atoms with E-state index >= 15 is 0 Å². The van der Waals surface area contributed by atoms with Crippen LogP contribution in [-0.4, -0.2) is 21.4 Å². The van der Waals surface area contributed by atoms with Gasteiger partial charge in [-0.2, -0.15) is 0 Å². The summed E-state index contributed by atoms with van der Waals surface area (Å²) in [6, 6.07) is 16.9.